The molecule has 0 aliphatic rings. The van der Waals surface area contributed by atoms with Crippen LogP contribution >= 0.6 is 0 Å². The van der Waals surface area contributed by atoms with E-state index in [-0.39, 0.29) is 6.09 Å². The molecule has 0 bridgehead atoms. The van der Waals surface area contributed by atoms with Crippen molar-refractivity contribution in [1.29, 1.82) is 0 Å². The summed E-state index contributed by atoms with van der Waals surface area (Å²) in [5.74, 6) is 0.569. The Balaban J connectivity index is 2.72. The predicted octanol–water partition coefficient (Wildman–Crippen LogP) is 0.572. The zero-order valence-electron chi connectivity index (χ0n) is 8.65. The Morgan fingerprint density at radius 3 is 2.71 bits per heavy atom. The largest absolute Gasteiger partial charge is 0.414 e. The number of rotatable bonds is 2. The number of nitrogens with two attached hydrogens (primary N) is 1. The molecule has 0 radical (unpaired) electrons. The highest BCUT2D eigenvalue weighted by Gasteiger charge is 2.06. The van der Waals surface area contributed by atoms with Crippen molar-refractivity contribution < 1.29 is 14.8 Å². The molecule has 0 heterocycles. The van der Waals surface area contributed by atoms with E-state index in [0.29, 0.717) is 5.75 Å². The van der Waals surface area contributed by atoms with E-state index in [4.69, 9.17) is 4.74 Å². The zero-order valence-corrected chi connectivity index (χ0v) is 8.65. The third-order valence-corrected chi connectivity index (χ3v) is 1.76. The number of ether oxygens (including phenoxy) is 1. The molecule has 0 atom stereocenters. The molecule has 0 fully saturated rings. The number of nitrogens with zero attached hydrogens (tertiary/aromatic N) is 1. The van der Waals surface area contributed by atoms with Crippen molar-refractivity contribution in [2.75, 3.05) is 21.1 Å². The minimum atomic E-state index is -0.363. The van der Waals surface area contributed by atoms with Gasteiger partial charge in [0.05, 0.1) is 7.05 Å². The lowest BCUT2D eigenvalue weighted by Crippen LogP contribution is -2.72. The van der Waals surface area contributed by atoms with Crippen LogP contribution in [-0.2, 0) is 0 Å². The molecule has 0 spiro atoms. The molecule has 2 N–H and O–H groups in total. The molecule has 1 aromatic carbocycles. The Labute approximate surface area is 83.5 Å². The number of benzene rings is 1. The lowest BCUT2D eigenvalue weighted by atomic mass is 10.3. The lowest BCUT2D eigenvalue weighted by molar-refractivity contribution is -0.539. The van der Waals surface area contributed by atoms with Crippen molar-refractivity contribution in [3.8, 4) is 5.75 Å². The van der Waals surface area contributed by atoms with Gasteiger partial charge in [0.25, 0.3) is 0 Å². The maximum Gasteiger partial charge on any atom is 0.414 e. The van der Waals surface area contributed by atoms with Crippen LogP contribution < -0.4 is 10.1 Å². The molecule has 14 heavy (non-hydrogen) atoms. The van der Waals surface area contributed by atoms with Crippen LogP contribution in [0.25, 0.3) is 0 Å². The van der Waals surface area contributed by atoms with E-state index in [2.05, 4.69) is 0 Å². The summed E-state index contributed by atoms with van der Waals surface area (Å²) >= 11 is 0. The van der Waals surface area contributed by atoms with Gasteiger partial charge >= 0.3 is 6.09 Å². The Hall–Kier alpha value is -1.55. The van der Waals surface area contributed by atoms with Crippen molar-refractivity contribution in [3.05, 3.63) is 24.3 Å². The molecule has 0 saturated carbocycles. The van der Waals surface area contributed by atoms with Crippen LogP contribution in [0.5, 0.6) is 5.75 Å². The Kier molecular flexibility index (Phi) is 3.48. The van der Waals surface area contributed by atoms with Crippen LogP contribution in [0.4, 0.5) is 10.5 Å². The summed E-state index contributed by atoms with van der Waals surface area (Å²) in [5.41, 5.74) is 1.04. The third kappa shape index (κ3) is 2.74. The Bertz CT molecular complexity index is 324. The summed E-state index contributed by atoms with van der Waals surface area (Å²) in [6.45, 7) is 0. The van der Waals surface area contributed by atoms with Gasteiger partial charge in [-0.15, -0.1) is 0 Å². The van der Waals surface area contributed by atoms with Gasteiger partial charge in [0, 0.05) is 20.2 Å². The molecule has 1 amide bonds. The second-order valence-corrected chi connectivity index (χ2v) is 3.12. The topological polar surface area (TPSA) is 46.1 Å². The van der Waals surface area contributed by atoms with Gasteiger partial charge in [0.1, 0.15) is 11.4 Å². The normalized spacial score (nSPS) is 9.64. The van der Waals surface area contributed by atoms with Crippen molar-refractivity contribution >= 4 is 11.8 Å². The maximum atomic E-state index is 11.2. The van der Waals surface area contributed by atoms with Crippen LogP contribution in [0.2, 0.25) is 0 Å². The van der Waals surface area contributed by atoms with E-state index in [1.165, 1.54) is 4.90 Å². The average molecular weight is 195 g/mol. The van der Waals surface area contributed by atoms with E-state index >= 15 is 0 Å². The van der Waals surface area contributed by atoms with Gasteiger partial charge in [-0.2, -0.15) is 0 Å². The van der Waals surface area contributed by atoms with Crippen LogP contribution in [0.3, 0.4) is 0 Å². The number of amides is 1. The van der Waals surface area contributed by atoms with Crippen LogP contribution in [0.15, 0.2) is 24.3 Å². The van der Waals surface area contributed by atoms with Gasteiger partial charge in [-0.1, -0.05) is 6.07 Å². The van der Waals surface area contributed by atoms with Crippen LogP contribution in [-0.4, -0.2) is 32.1 Å². The van der Waals surface area contributed by atoms with Crippen molar-refractivity contribution in [3.63, 3.8) is 0 Å². The fourth-order valence-corrected chi connectivity index (χ4v) is 0.950. The number of hydrogen-bond donors (Lipinski definition) is 1. The molecular weight excluding hydrogens is 180 g/mol. The van der Waals surface area contributed by atoms with E-state index in [1.54, 1.807) is 20.2 Å². The fourth-order valence-electron chi connectivity index (χ4n) is 0.950. The highest BCUT2D eigenvalue weighted by molar-refractivity contribution is 5.70. The highest BCUT2D eigenvalue weighted by Crippen LogP contribution is 2.14. The van der Waals surface area contributed by atoms with Gasteiger partial charge in [-0.3, -0.25) is 0 Å². The van der Waals surface area contributed by atoms with Gasteiger partial charge in [-0.25, -0.2) is 4.79 Å². The summed E-state index contributed by atoms with van der Waals surface area (Å²) in [7, 11) is 5.24. The summed E-state index contributed by atoms with van der Waals surface area (Å²) in [6, 6.07) is 7.39. The standard InChI is InChI=1S/C10H14N2O2/c1-11-8-5-4-6-9(7-8)14-10(13)12(2)3/h4-7,11H,1-3H3/p+1. The molecular formula is C10H15N2O2+. The van der Waals surface area contributed by atoms with Gasteiger partial charge in [-0.05, 0) is 12.1 Å². The summed E-state index contributed by atoms with van der Waals surface area (Å²) in [4.78, 5) is 12.6. The minimum Gasteiger partial charge on any atom is -0.410 e. The first-order chi connectivity index (χ1) is 6.63. The number of carbonyl (C=O) groups excluding carboxylic acids is 1. The van der Waals surface area contributed by atoms with Gasteiger partial charge in [0.15, 0.2) is 0 Å². The quantitative estimate of drug-likeness (QED) is 0.701. The summed E-state index contributed by atoms with van der Waals surface area (Å²) < 4.78 is 5.09. The second-order valence-electron chi connectivity index (χ2n) is 3.12. The molecule has 0 aromatic heterocycles. The van der Waals surface area contributed by atoms with Gasteiger partial charge in [0.2, 0.25) is 0 Å². The Morgan fingerprint density at radius 1 is 1.43 bits per heavy atom. The Morgan fingerprint density at radius 2 is 2.14 bits per heavy atom. The number of quaternary nitrogens is 1. The van der Waals surface area contributed by atoms with E-state index in [1.807, 2.05) is 30.6 Å². The molecule has 0 aliphatic heterocycles. The first kappa shape index (κ1) is 10.5. The van der Waals surface area contributed by atoms with Crippen molar-refractivity contribution in [2.45, 2.75) is 0 Å². The first-order valence-corrected chi connectivity index (χ1v) is 4.42. The van der Waals surface area contributed by atoms with Crippen LogP contribution in [0, 0.1) is 0 Å². The smallest absolute Gasteiger partial charge is 0.410 e. The molecule has 4 nitrogen and oxygen atoms in total. The number of carbonyl (C=O) groups is 1. The molecule has 0 saturated heterocycles. The molecule has 0 unspecified atom stereocenters. The van der Waals surface area contributed by atoms with Crippen molar-refractivity contribution in [2.24, 2.45) is 0 Å². The average Bonchev–Trinajstić information content (AvgIpc) is 2.18. The fraction of sp³-hybridized carbons (Fsp3) is 0.300. The van der Waals surface area contributed by atoms with Crippen LogP contribution in [0.1, 0.15) is 0 Å². The third-order valence-electron chi connectivity index (χ3n) is 1.76. The zero-order chi connectivity index (χ0) is 10.6. The minimum absolute atomic E-state index is 0.363. The molecule has 76 valence electrons. The van der Waals surface area contributed by atoms with E-state index in [9.17, 15) is 4.79 Å². The SMILES string of the molecule is C[NH2+]c1cccc(OC(=O)N(C)C)c1. The highest BCUT2D eigenvalue weighted by atomic mass is 16.6. The molecule has 1 aromatic rings. The summed E-state index contributed by atoms with van der Waals surface area (Å²) in [5, 5.41) is 1.95. The second kappa shape index (κ2) is 4.62. The monoisotopic (exact) mass is 195 g/mol. The number of hydrogen-bond acceptors (Lipinski definition) is 2. The maximum absolute atomic E-state index is 11.2. The summed E-state index contributed by atoms with van der Waals surface area (Å²) in [6.07, 6.45) is -0.363. The molecule has 0 aliphatic carbocycles. The lowest BCUT2D eigenvalue weighted by Gasteiger charge is -2.10. The van der Waals surface area contributed by atoms with Gasteiger partial charge < -0.3 is 15.0 Å². The molecule has 4 heteroatoms. The van der Waals surface area contributed by atoms with E-state index in [0.717, 1.165) is 5.69 Å². The predicted molar refractivity (Wildman–Crippen MR) is 53.7 cm³/mol. The molecule has 1 rings (SSSR count). The van der Waals surface area contributed by atoms with E-state index < -0.39 is 0 Å². The first-order valence-electron chi connectivity index (χ1n) is 4.42. The van der Waals surface area contributed by atoms with Crippen molar-refractivity contribution in [1.82, 2.24) is 4.90 Å².